The van der Waals surface area contributed by atoms with E-state index in [1.165, 1.54) is 31.3 Å². The van der Waals surface area contributed by atoms with Gasteiger partial charge in [0.25, 0.3) is 5.69 Å². The van der Waals surface area contributed by atoms with E-state index in [9.17, 15) is 19.7 Å². The molecule has 1 aromatic heterocycles. The summed E-state index contributed by atoms with van der Waals surface area (Å²) in [5.41, 5.74) is 2.65. The van der Waals surface area contributed by atoms with Gasteiger partial charge in [0.2, 0.25) is 0 Å². The SMILES string of the molecule is CNC(=O)Nc1c(C)cnc2c(NC(=O)Nc3ccc([N+](=O)[O-])cc3)cccc12. The molecule has 0 aliphatic rings. The van der Waals surface area contributed by atoms with Crippen molar-refractivity contribution in [3.05, 3.63) is 64.3 Å². The first-order chi connectivity index (χ1) is 13.9. The quantitative estimate of drug-likeness (QED) is 0.393. The van der Waals surface area contributed by atoms with Gasteiger partial charge < -0.3 is 21.3 Å². The maximum Gasteiger partial charge on any atom is 0.323 e. The molecule has 0 saturated carbocycles. The number of nitrogens with zero attached hydrogens (tertiary/aromatic N) is 2. The number of amides is 4. The summed E-state index contributed by atoms with van der Waals surface area (Å²) >= 11 is 0. The molecular weight excluding hydrogens is 376 g/mol. The van der Waals surface area contributed by atoms with Gasteiger partial charge >= 0.3 is 12.1 Å². The number of nitrogens with one attached hydrogen (secondary N) is 4. The molecule has 10 heteroatoms. The van der Waals surface area contributed by atoms with Crippen molar-refractivity contribution < 1.29 is 14.5 Å². The molecule has 0 aliphatic carbocycles. The van der Waals surface area contributed by atoms with Gasteiger partial charge in [0.05, 0.1) is 21.8 Å². The van der Waals surface area contributed by atoms with Crippen molar-refractivity contribution in [2.24, 2.45) is 0 Å². The van der Waals surface area contributed by atoms with Crippen LogP contribution in [-0.4, -0.2) is 29.0 Å². The lowest BCUT2D eigenvalue weighted by Gasteiger charge is -2.14. The second-order valence-electron chi connectivity index (χ2n) is 6.11. The lowest BCUT2D eigenvalue weighted by molar-refractivity contribution is -0.384. The van der Waals surface area contributed by atoms with Crippen LogP contribution in [0.2, 0.25) is 0 Å². The Morgan fingerprint density at radius 3 is 2.38 bits per heavy atom. The van der Waals surface area contributed by atoms with Crippen LogP contribution in [0.3, 0.4) is 0 Å². The van der Waals surface area contributed by atoms with E-state index in [0.29, 0.717) is 28.0 Å². The molecule has 10 nitrogen and oxygen atoms in total. The summed E-state index contributed by atoms with van der Waals surface area (Å²) in [4.78, 5) is 38.7. The van der Waals surface area contributed by atoms with Gasteiger partial charge in [-0.2, -0.15) is 0 Å². The second-order valence-corrected chi connectivity index (χ2v) is 6.11. The zero-order chi connectivity index (χ0) is 21.0. The molecule has 0 atom stereocenters. The van der Waals surface area contributed by atoms with Gasteiger partial charge in [-0.1, -0.05) is 12.1 Å². The molecule has 0 bridgehead atoms. The zero-order valence-electron chi connectivity index (χ0n) is 15.6. The summed E-state index contributed by atoms with van der Waals surface area (Å²) in [6.45, 7) is 1.82. The number of carbonyl (C=O) groups is 2. The molecule has 3 aromatic rings. The van der Waals surface area contributed by atoms with Gasteiger partial charge in [-0.05, 0) is 30.7 Å². The molecule has 2 aromatic carbocycles. The first kappa shape index (κ1) is 19.5. The standard InChI is InChI=1S/C19H18N6O4/c1-11-10-21-17-14(16(11)24-18(26)20-2)4-3-5-15(17)23-19(27)22-12-6-8-13(9-7-12)25(28)29/h3-10H,1-2H3,(H2,22,23,27)(H2,20,21,24,26). The van der Waals surface area contributed by atoms with Crippen LogP contribution in [0.25, 0.3) is 10.9 Å². The van der Waals surface area contributed by atoms with Gasteiger partial charge in [0, 0.05) is 36.5 Å². The normalized spacial score (nSPS) is 10.3. The van der Waals surface area contributed by atoms with E-state index in [0.717, 1.165) is 5.56 Å². The van der Waals surface area contributed by atoms with Crippen molar-refractivity contribution >= 4 is 45.7 Å². The molecule has 1 heterocycles. The van der Waals surface area contributed by atoms with Crippen molar-refractivity contribution in [2.45, 2.75) is 6.92 Å². The number of para-hydroxylation sites is 1. The highest BCUT2D eigenvalue weighted by molar-refractivity contribution is 6.09. The summed E-state index contributed by atoms with van der Waals surface area (Å²) in [6, 6.07) is 9.79. The fraction of sp³-hybridized carbons (Fsp3) is 0.105. The lowest BCUT2D eigenvalue weighted by atomic mass is 10.1. The van der Waals surface area contributed by atoms with Crippen LogP contribution < -0.4 is 21.3 Å². The smallest absolute Gasteiger partial charge is 0.323 e. The van der Waals surface area contributed by atoms with Gasteiger partial charge in [-0.3, -0.25) is 15.1 Å². The Bertz CT molecular complexity index is 1100. The maximum atomic E-state index is 12.4. The van der Waals surface area contributed by atoms with E-state index >= 15 is 0 Å². The van der Waals surface area contributed by atoms with Crippen LogP contribution in [0.15, 0.2) is 48.7 Å². The highest BCUT2D eigenvalue weighted by Gasteiger charge is 2.13. The predicted molar refractivity (Wildman–Crippen MR) is 110 cm³/mol. The number of anilines is 3. The second kappa shape index (κ2) is 8.21. The molecule has 3 rings (SSSR count). The van der Waals surface area contributed by atoms with Crippen LogP contribution in [-0.2, 0) is 0 Å². The number of urea groups is 2. The summed E-state index contributed by atoms with van der Waals surface area (Å²) < 4.78 is 0. The van der Waals surface area contributed by atoms with Crippen molar-refractivity contribution in [1.82, 2.24) is 10.3 Å². The number of aryl methyl sites for hydroxylation is 1. The molecule has 0 saturated heterocycles. The molecule has 4 N–H and O–H groups in total. The topological polar surface area (TPSA) is 138 Å². The minimum Gasteiger partial charge on any atom is -0.341 e. The molecule has 0 aliphatic heterocycles. The molecule has 29 heavy (non-hydrogen) atoms. The van der Waals surface area contributed by atoms with Crippen LogP contribution in [0.5, 0.6) is 0 Å². The lowest BCUT2D eigenvalue weighted by Crippen LogP contribution is -2.25. The number of nitro benzene ring substituents is 1. The Kier molecular flexibility index (Phi) is 5.54. The monoisotopic (exact) mass is 394 g/mol. The molecule has 0 fully saturated rings. The van der Waals surface area contributed by atoms with Crippen LogP contribution >= 0.6 is 0 Å². The van der Waals surface area contributed by atoms with E-state index in [1.54, 1.807) is 24.4 Å². The van der Waals surface area contributed by atoms with E-state index < -0.39 is 11.0 Å². The molecular formula is C19H18N6O4. The Hall–Kier alpha value is -4.21. The first-order valence-corrected chi connectivity index (χ1v) is 8.58. The number of fused-ring (bicyclic) bond motifs is 1. The van der Waals surface area contributed by atoms with Crippen LogP contribution in [0.4, 0.5) is 32.3 Å². The number of pyridine rings is 1. The number of aromatic nitrogens is 1. The van der Waals surface area contributed by atoms with E-state index in [-0.39, 0.29) is 11.7 Å². The zero-order valence-corrected chi connectivity index (χ0v) is 15.6. The Labute approximate surface area is 165 Å². The molecule has 4 amide bonds. The largest absolute Gasteiger partial charge is 0.341 e. The summed E-state index contributed by atoms with van der Waals surface area (Å²) in [6.07, 6.45) is 1.60. The van der Waals surface area contributed by atoms with E-state index in [2.05, 4.69) is 26.3 Å². The maximum absolute atomic E-state index is 12.4. The van der Waals surface area contributed by atoms with Crippen LogP contribution in [0, 0.1) is 17.0 Å². The Morgan fingerprint density at radius 1 is 1.00 bits per heavy atom. The van der Waals surface area contributed by atoms with Gasteiger partial charge in [0.1, 0.15) is 0 Å². The Morgan fingerprint density at radius 2 is 1.72 bits per heavy atom. The van der Waals surface area contributed by atoms with E-state index in [1.807, 2.05) is 6.92 Å². The van der Waals surface area contributed by atoms with Gasteiger partial charge in [0.15, 0.2) is 0 Å². The third-order valence-corrected chi connectivity index (χ3v) is 4.14. The summed E-state index contributed by atoms with van der Waals surface area (Å²) in [5.74, 6) is 0. The first-order valence-electron chi connectivity index (χ1n) is 8.58. The molecule has 0 radical (unpaired) electrons. The van der Waals surface area contributed by atoms with Gasteiger partial charge in [-0.15, -0.1) is 0 Å². The van der Waals surface area contributed by atoms with Crippen molar-refractivity contribution in [2.75, 3.05) is 23.0 Å². The summed E-state index contributed by atoms with van der Waals surface area (Å²) in [7, 11) is 1.52. The third-order valence-electron chi connectivity index (χ3n) is 4.14. The Balaban J connectivity index is 1.84. The fourth-order valence-corrected chi connectivity index (χ4v) is 2.72. The number of nitro groups is 1. The highest BCUT2D eigenvalue weighted by atomic mass is 16.6. The average Bonchev–Trinajstić information content (AvgIpc) is 2.70. The van der Waals surface area contributed by atoms with E-state index in [4.69, 9.17) is 0 Å². The molecule has 0 unspecified atom stereocenters. The van der Waals surface area contributed by atoms with Crippen molar-refractivity contribution in [1.29, 1.82) is 0 Å². The third kappa shape index (κ3) is 4.38. The molecule has 148 valence electrons. The number of benzene rings is 2. The fourth-order valence-electron chi connectivity index (χ4n) is 2.72. The number of hydrogen-bond acceptors (Lipinski definition) is 5. The number of hydrogen-bond donors (Lipinski definition) is 4. The van der Waals surface area contributed by atoms with Gasteiger partial charge in [-0.25, -0.2) is 9.59 Å². The minimum absolute atomic E-state index is 0.0688. The predicted octanol–water partition coefficient (Wildman–Crippen LogP) is 3.85. The van der Waals surface area contributed by atoms with Crippen molar-refractivity contribution in [3.63, 3.8) is 0 Å². The highest BCUT2D eigenvalue weighted by Crippen LogP contribution is 2.30. The van der Waals surface area contributed by atoms with Crippen LogP contribution in [0.1, 0.15) is 5.56 Å². The van der Waals surface area contributed by atoms with Crippen molar-refractivity contribution in [3.8, 4) is 0 Å². The summed E-state index contributed by atoms with van der Waals surface area (Å²) in [5, 5.41) is 22.0. The number of non-ortho nitro benzene ring substituents is 1. The number of rotatable bonds is 4. The minimum atomic E-state index is -0.533. The average molecular weight is 394 g/mol. The number of carbonyl (C=O) groups excluding carboxylic acids is 2. The molecule has 0 spiro atoms.